The molecular weight excluding hydrogens is 266 g/mol. The van der Waals surface area contributed by atoms with Gasteiger partial charge in [-0.1, -0.05) is 6.07 Å². The number of urea groups is 1. The Morgan fingerprint density at radius 3 is 3.14 bits per heavy atom. The fourth-order valence-electron chi connectivity index (χ4n) is 2.81. The Bertz CT molecular complexity index is 644. The Morgan fingerprint density at radius 1 is 1.38 bits per heavy atom. The van der Waals surface area contributed by atoms with Crippen LogP contribution in [0.25, 0.3) is 10.9 Å². The number of anilines is 1. The first-order valence-electron chi connectivity index (χ1n) is 7.31. The molecule has 0 radical (unpaired) electrons. The van der Waals surface area contributed by atoms with Crippen molar-refractivity contribution in [1.29, 1.82) is 0 Å². The van der Waals surface area contributed by atoms with E-state index in [0.717, 1.165) is 35.9 Å². The first-order chi connectivity index (χ1) is 10.3. The van der Waals surface area contributed by atoms with Crippen LogP contribution in [-0.4, -0.2) is 40.2 Å². The fourth-order valence-corrected chi connectivity index (χ4v) is 2.81. The molecule has 2 aromatic rings. The van der Waals surface area contributed by atoms with Gasteiger partial charge < -0.3 is 15.3 Å². The highest BCUT2D eigenvalue weighted by Crippen LogP contribution is 2.20. The Labute approximate surface area is 123 Å². The number of nitrogens with zero attached hydrogens (tertiary/aromatic N) is 2. The number of likely N-dealkylation sites (tertiary alicyclic amines) is 1. The normalized spacial score (nSPS) is 18.7. The SMILES string of the molecule is O=C(Nc1ccc2ncccc2c1)N1CCCC[C@H]1CO. The molecule has 2 heterocycles. The lowest BCUT2D eigenvalue weighted by atomic mass is 10.0. The van der Waals surface area contributed by atoms with E-state index in [4.69, 9.17) is 0 Å². The van der Waals surface area contributed by atoms with Gasteiger partial charge in [-0.3, -0.25) is 4.98 Å². The number of benzene rings is 1. The highest BCUT2D eigenvalue weighted by atomic mass is 16.3. The number of amides is 2. The molecular formula is C16H19N3O2. The molecule has 5 nitrogen and oxygen atoms in total. The maximum absolute atomic E-state index is 12.4. The van der Waals surface area contributed by atoms with Gasteiger partial charge >= 0.3 is 6.03 Å². The van der Waals surface area contributed by atoms with Crippen LogP contribution in [-0.2, 0) is 0 Å². The lowest BCUT2D eigenvalue weighted by Crippen LogP contribution is -2.47. The van der Waals surface area contributed by atoms with Gasteiger partial charge in [0.1, 0.15) is 0 Å². The number of hydrogen-bond donors (Lipinski definition) is 2. The van der Waals surface area contributed by atoms with Crippen molar-refractivity contribution in [2.45, 2.75) is 25.3 Å². The van der Waals surface area contributed by atoms with Crippen molar-refractivity contribution in [3.63, 3.8) is 0 Å². The van der Waals surface area contributed by atoms with Crippen LogP contribution in [0.1, 0.15) is 19.3 Å². The summed E-state index contributed by atoms with van der Waals surface area (Å²) in [5.41, 5.74) is 1.66. The largest absolute Gasteiger partial charge is 0.394 e. The summed E-state index contributed by atoms with van der Waals surface area (Å²) < 4.78 is 0. The average Bonchev–Trinajstić information content (AvgIpc) is 2.54. The minimum absolute atomic E-state index is 0.0229. The smallest absolute Gasteiger partial charge is 0.322 e. The van der Waals surface area contributed by atoms with Crippen molar-refractivity contribution >= 4 is 22.6 Å². The van der Waals surface area contributed by atoms with Gasteiger partial charge in [0.15, 0.2) is 0 Å². The number of fused-ring (bicyclic) bond motifs is 1. The Kier molecular flexibility index (Phi) is 4.01. The second-order valence-corrected chi connectivity index (χ2v) is 5.37. The van der Waals surface area contributed by atoms with Crippen molar-refractivity contribution in [2.75, 3.05) is 18.5 Å². The summed E-state index contributed by atoms with van der Waals surface area (Å²) in [4.78, 5) is 18.4. The summed E-state index contributed by atoms with van der Waals surface area (Å²) in [5, 5.41) is 13.3. The monoisotopic (exact) mass is 285 g/mol. The summed E-state index contributed by atoms with van der Waals surface area (Å²) in [6.45, 7) is 0.723. The standard InChI is InChI=1S/C16H19N3O2/c20-11-14-5-1-2-9-19(14)16(21)18-13-6-7-15-12(10-13)4-3-8-17-15/h3-4,6-8,10,14,20H,1-2,5,9,11H2,(H,18,21)/t14-/m0/s1. The first-order valence-corrected chi connectivity index (χ1v) is 7.31. The molecule has 1 aromatic carbocycles. The van der Waals surface area contributed by atoms with E-state index >= 15 is 0 Å². The lowest BCUT2D eigenvalue weighted by molar-refractivity contribution is 0.115. The Balaban J connectivity index is 1.76. The number of carbonyl (C=O) groups excluding carboxylic acids is 1. The maximum atomic E-state index is 12.4. The zero-order valence-electron chi connectivity index (χ0n) is 11.8. The molecule has 1 atom stereocenters. The fraction of sp³-hybridized carbons (Fsp3) is 0.375. The number of aliphatic hydroxyl groups is 1. The number of carbonyl (C=O) groups is 1. The molecule has 3 rings (SSSR count). The van der Waals surface area contributed by atoms with Gasteiger partial charge in [0.2, 0.25) is 0 Å². The molecule has 2 amide bonds. The summed E-state index contributed by atoms with van der Waals surface area (Å²) >= 11 is 0. The van der Waals surface area contributed by atoms with Crippen molar-refractivity contribution in [3.8, 4) is 0 Å². The highest BCUT2D eigenvalue weighted by Gasteiger charge is 2.25. The molecule has 1 aliphatic rings. The van der Waals surface area contributed by atoms with E-state index in [1.54, 1.807) is 11.1 Å². The van der Waals surface area contributed by atoms with Crippen LogP contribution >= 0.6 is 0 Å². The number of pyridine rings is 1. The van der Waals surface area contributed by atoms with Crippen LogP contribution in [0.4, 0.5) is 10.5 Å². The van der Waals surface area contributed by atoms with Gasteiger partial charge in [-0.15, -0.1) is 0 Å². The third-order valence-electron chi connectivity index (χ3n) is 3.95. The number of rotatable bonds is 2. The van der Waals surface area contributed by atoms with Gasteiger partial charge in [0, 0.05) is 23.8 Å². The van der Waals surface area contributed by atoms with Crippen LogP contribution in [0.15, 0.2) is 36.5 Å². The van der Waals surface area contributed by atoms with Crippen molar-refractivity contribution in [1.82, 2.24) is 9.88 Å². The summed E-state index contributed by atoms with van der Waals surface area (Å²) in [5.74, 6) is 0. The van der Waals surface area contributed by atoms with Crippen LogP contribution in [0.5, 0.6) is 0 Å². The third kappa shape index (κ3) is 2.97. The molecule has 1 aliphatic heterocycles. The van der Waals surface area contributed by atoms with Gasteiger partial charge in [0.25, 0.3) is 0 Å². The predicted octanol–water partition coefficient (Wildman–Crippen LogP) is 2.61. The zero-order chi connectivity index (χ0) is 14.7. The summed E-state index contributed by atoms with van der Waals surface area (Å²) in [6, 6.07) is 9.29. The summed E-state index contributed by atoms with van der Waals surface area (Å²) in [6.07, 6.45) is 4.67. The number of hydrogen-bond acceptors (Lipinski definition) is 3. The molecule has 1 aromatic heterocycles. The molecule has 0 spiro atoms. The molecule has 0 aliphatic carbocycles. The minimum atomic E-state index is -0.142. The third-order valence-corrected chi connectivity index (χ3v) is 3.95. The maximum Gasteiger partial charge on any atom is 0.322 e. The second kappa shape index (κ2) is 6.10. The van der Waals surface area contributed by atoms with E-state index < -0.39 is 0 Å². The minimum Gasteiger partial charge on any atom is -0.394 e. The van der Waals surface area contributed by atoms with Gasteiger partial charge in [-0.2, -0.15) is 0 Å². The van der Waals surface area contributed by atoms with Crippen molar-refractivity contribution < 1.29 is 9.90 Å². The quantitative estimate of drug-likeness (QED) is 0.891. The van der Waals surface area contributed by atoms with Crippen LogP contribution in [0.2, 0.25) is 0 Å². The van der Waals surface area contributed by atoms with E-state index in [2.05, 4.69) is 10.3 Å². The lowest BCUT2D eigenvalue weighted by Gasteiger charge is -2.34. The molecule has 1 saturated heterocycles. The topological polar surface area (TPSA) is 65.5 Å². The molecule has 110 valence electrons. The van der Waals surface area contributed by atoms with E-state index in [1.165, 1.54) is 0 Å². The molecule has 0 bridgehead atoms. The molecule has 2 N–H and O–H groups in total. The van der Waals surface area contributed by atoms with Crippen molar-refractivity contribution in [2.24, 2.45) is 0 Å². The number of piperidine rings is 1. The number of aliphatic hydroxyl groups excluding tert-OH is 1. The van der Waals surface area contributed by atoms with Gasteiger partial charge in [-0.05, 0) is 43.5 Å². The molecule has 1 fully saturated rings. The van der Waals surface area contributed by atoms with Crippen LogP contribution < -0.4 is 5.32 Å². The zero-order valence-corrected chi connectivity index (χ0v) is 11.8. The molecule has 5 heteroatoms. The van der Waals surface area contributed by atoms with E-state index in [-0.39, 0.29) is 18.7 Å². The van der Waals surface area contributed by atoms with E-state index in [9.17, 15) is 9.90 Å². The highest BCUT2D eigenvalue weighted by molar-refractivity contribution is 5.92. The average molecular weight is 285 g/mol. The first kappa shape index (κ1) is 13.8. The molecule has 0 saturated carbocycles. The van der Waals surface area contributed by atoms with E-state index in [0.29, 0.717) is 6.54 Å². The van der Waals surface area contributed by atoms with Crippen molar-refractivity contribution in [3.05, 3.63) is 36.5 Å². The number of aromatic nitrogens is 1. The Hall–Kier alpha value is -2.14. The van der Waals surface area contributed by atoms with E-state index in [1.807, 2.05) is 30.3 Å². The second-order valence-electron chi connectivity index (χ2n) is 5.37. The van der Waals surface area contributed by atoms with Crippen LogP contribution in [0.3, 0.4) is 0 Å². The van der Waals surface area contributed by atoms with Gasteiger partial charge in [-0.25, -0.2) is 4.79 Å². The van der Waals surface area contributed by atoms with Gasteiger partial charge in [0.05, 0.1) is 18.2 Å². The molecule has 0 unspecified atom stereocenters. The number of nitrogens with one attached hydrogen (secondary N) is 1. The Morgan fingerprint density at radius 2 is 2.29 bits per heavy atom. The predicted molar refractivity (Wildman–Crippen MR) is 82.2 cm³/mol. The van der Waals surface area contributed by atoms with Crippen LogP contribution in [0, 0.1) is 0 Å². The molecule has 21 heavy (non-hydrogen) atoms. The summed E-state index contributed by atoms with van der Waals surface area (Å²) in [7, 11) is 0.